The van der Waals surface area contributed by atoms with Gasteiger partial charge < -0.3 is 5.32 Å². The molecule has 2 aromatic carbocycles. The molecule has 0 aliphatic rings. The van der Waals surface area contributed by atoms with E-state index in [0.29, 0.717) is 16.9 Å². The number of anilines is 1. The molecule has 0 aliphatic carbocycles. The standard InChI is InChI=1S/C24H22N4O3/c1-15-12-22(31)27(14-21(30)25-19-9-7-8-18(13-19)17(3)29)24-23(15)16(2)26-28(24)20-10-5-4-6-11-20/h4-13H,14H2,1-3H3,(H,25,30). The van der Waals surface area contributed by atoms with E-state index >= 15 is 0 Å². The van der Waals surface area contributed by atoms with E-state index in [2.05, 4.69) is 10.4 Å². The Labute approximate surface area is 178 Å². The Balaban J connectivity index is 1.77. The molecule has 0 bridgehead atoms. The molecule has 31 heavy (non-hydrogen) atoms. The quantitative estimate of drug-likeness (QED) is 0.505. The lowest BCUT2D eigenvalue weighted by Gasteiger charge is -2.13. The van der Waals surface area contributed by atoms with Crippen LogP contribution in [0.15, 0.2) is 65.5 Å². The summed E-state index contributed by atoms with van der Waals surface area (Å²) in [5, 5.41) is 8.25. The van der Waals surface area contributed by atoms with Gasteiger partial charge in [-0.05, 0) is 50.6 Å². The summed E-state index contributed by atoms with van der Waals surface area (Å²) in [6, 6.07) is 17.7. The molecule has 0 aliphatic heterocycles. The van der Waals surface area contributed by atoms with Gasteiger partial charge in [-0.15, -0.1) is 0 Å². The van der Waals surface area contributed by atoms with Crippen LogP contribution in [0.2, 0.25) is 0 Å². The van der Waals surface area contributed by atoms with Gasteiger partial charge in [0.15, 0.2) is 5.78 Å². The largest absolute Gasteiger partial charge is 0.325 e. The summed E-state index contributed by atoms with van der Waals surface area (Å²) < 4.78 is 3.13. The predicted octanol–water partition coefficient (Wildman–Crippen LogP) is 3.65. The number of hydrogen-bond donors (Lipinski definition) is 1. The minimum absolute atomic E-state index is 0.0881. The van der Waals surface area contributed by atoms with Crippen molar-refractivity contribution in [3.8, 4) is 5.69 Å². The summed E-state index contributed by atoms with van der Waals surface area (Å²) in [6.45, 7) is 5.04. The number of nitrogens with zero attached hydrogens (tertiary/aromatic N) is 3. The van der Waals surface area contributed by atoms with Gasteiger partial charge in [-0.25, -0.2) is 4.68 Å². The average molecular weight is 414 g/mol. The highest BCUT2D eigenvalue weighted by Crippen LogP contribution is 2.23. The Morgan fingerprint density at radius 1 is 1.00 bits per heavy atom. The molecule has 1 N–H and O–H groups in total. The molecule has 0 atom stereocenters. The van der Waals surface area contributed by atoms with Crippen molar-refractivity contribution < 1.29 is 9.59 Å². The number of ketones is 1. The Kier molecular flexibility index (Phi) is 5.25. The Hall–Kier alpha value is -4.00. The maximum absolute atomic E-state index is 12.9. The highest BCUT2D eigenvalue weighted by molar-refractivity contribution is 5.97. The van der Waals surface area contributed by atoms with Crippen LogP contribution < -0.4 is 10.9 Å². The maximum Gasteiger partial charge on any atom is 0.252 e. The fraction of sp³-hybridized carbons (Fsp3) is 0.167. The van der Waals surface area contributed by atoms with Gasteiger partial charge in [-0.3, -0.25) is 19.0 Å². The maximum atomic E-state index is 12.9. The lowest BCUT2D eigenvalue weighted by molar-refractivity contribution is -0.116. The summed E-state index contributed by atoms with van der Waals surface area (Å²) in [4.78, 5) is 37.3. The van der Waals surface area contributed by atoms with Gasteiger partial charge in [0.05, 0.1) is 11.4 Å². The number of carbonyl (C=O) groups excluding carboxylic acids is 2. The van der Waals surface area contributed by atoms with Gasteiger partial charge in [0.1, 0.15) is 12.2 Å². The van der Waals surface area contributed by atoms with Crippen LogP contribution in [0, 0.1) is 13.8 Å². The molecule has 0 unspecified atom stereocenters. The molecule has 4 aromatic rings. The monoisotopic (exact) mass is 414 g/mol. The summed E-state index contributed by atoms with van der Waals surface area (Å²) in [5.41, 5.74) is 3.68. The second-order valence-corrected chi connectivity index (χ2v) is 7.47. The van der Waals surface area contributed by atoms with E-state index in [-0.39, 0.29) is 23.8 Å². The zero-order valence-corrected chi connectivity index (χ0v) is 17.5. The van der Waals surface area contributed by atoms with Crippen molar-refractivity contribution in [2.75, 3.05) is 5.32 Å². The highest BCUT2D eigenvalue weighted by Gasteiger charge is 2.18. The second kappa shape index (κ2) is 8.02. The first-order valence-corrected chi connectivity index (χ1v) is 9.91. The zero-order valence-electron chi connectivity index (χ0n) is 17.5. The molecule has 4 rings (SSSR count). The number of aromatic nitrogens is 3. The molecule has 1 amide bonds. The van der Waals surface area contributed by atoms with Gasteiger partial charge in [-0.1, -0.05) is 30.3 Å². The molecule has 156 valence electrons. The third-order valence-electron chi connectivity index (χ3n) is 5.15. The van der Waals surface area contributed by atoms with Crippen molar-refractivity contribution in [3.63, 3.8) is 0 Å². The second-order valence-electron chi connectivity index (χ2n) is 7.47. The van der Waals surface area contributed by atoms with E-state index in [1.54, 1.807) is 28.9 Å². The minimum atomic E-state index is -0.369. The molecule has 2 aromatic heterocycles. The lowest BCUT2D eigenvalue weighted by atomic mass is 10.1. The fourth-order valence-electron chi connectivity index (χ4n) is 3.73. The zero-order chi connectivity index (χ0) is 22.1. The van der Waals surface area contributed by atoms with Crippen LogP contribution >= 0.6 is 0 Å². The number of fused-ring (bicyclic) bond motifs is 1. The first-order chi connectivity index (χ1) is 14.8. The van der Waals surface area contributed by atoms with Gasteiger partial charge in [0.2, 0.25) is 5.91 Å². The molecule has 7 nitrogen and oxygen atoms in total. The minimum Gasteiger partial charge on any atom is -0.325 e. The van der Waals surface area contributed by atoms with Gasteiger partial charge in [0, 0.05) is 22.7 Å². The predicted molar refractivity (Wildman–Crippen MR) is 120 cm³/mol. The number of Topliss-reactive ketones (excluding diaryl/α,β-unsaturated/α-hetero) is 1. The Bertz CT molecular complexity index is 1370. The average Bonchev–Trinajstić information content (AvgIpc) is 3.09. The first kappa shape index (κ1) is 20.3. The van der Waals surface area contributed by atoms with E-state index in [1.165, 1.54) is 17.6 Å². The van der Waals surface area contributed by atoms with Crippen LogP contribution in [0.1, 0.15) is 28.5 Å². The summed E-state index contributed by atoms with van der Waals surface area (Å²) in [5.74, 6) is -0.457. The summed E-state index contributed by atoms with van der Waals surface area (Å²) >= 11 is 0. The molecule has 2 heterocycles. The normalized spacial score (nSPS) is 10.9. The number of benzene rings is 2. The van der Waals surface area contributed by atoms with E-state index in [1.807, 2.05) is 44.2 Å². The van der Waals surface area contributed by atoms with Crippen LogP contribution in [-0.4, -0.2) is 26.0 Å². The third-order valence-corrected chi connectivity index (χ3v) is 5.15. The lowest BCUT2D eigenvalue weighted by Crippen LogP contribution is -2.29. The molecule has 0 fully saturated rings. The summed E-state index contributed by atoms with van der Waals surface area (Å²) in [6.07, 6.45) is 0. The molecule has 0 saturated heterocycles. The highest BCUT2D eigenvalue weighted by atomic mass is 16.2. The Morgan fingerprint density at radius 2 is 1.74 bits per heavy atom. The van der Waals surface area contributed by atoms with Crippen LogP contribution in [0.3, 0.4) is 0 Å². The topological polar surface area (TPSA) is 86.0 Å². The van der Waals surface area contributed by atoms with Crippen molar-refractivity contribution in [1.82, 2.24) is 14.3 Å². The number of rotatable bonds is 5. The Morgan fingerprint density at radius 3 is 2.45 bits per heavy atom. The summed E-state index contributed by atoms with van der Waals surface area (Å²) in [7, 11) is 0. The number of nitrogens with one attached hydrogen (secondary N) is 1. The van der Waals surface area contributed by atoms with E-state index in [0.717, 1.165) is 22.3 Å². The van der Waals surface area contributed by atoms with Crippen molar-refractivity contribution in [2.24, 2.45) is 0 Å². The van der Waals surface area contributed by atoms with Crippen molar-refractivity contribution in [1.29, 1.82) is 0 Å². The van der Waals surface area contributed by atoms with Gasteiger partial charge >= 0.3 is 0 Å². The molecule has 0 spiro atoms. The van der Waals surface area contributed by atoms with E-state index in [9.17, 15) is 14.4 Å². The van der Waals surface area contributed by atoms with E-state index < -0.39 is 0 Å². The third kappa shape index (κ3) is 3.90. The van der Waals surface area contributed by atoms with Gasteiger partial charge in [0.25, 0.3) is 5.56 Å². The van der Waals surface area contributed by atoms with E-state index in [4.69, 9.17) is 0 Å². The molecular weight excluding hydrogens is 392 g/mol. The molecule has 0 saturated carbocycles. The molecular formula is C24H22N4O3. The molecule has 7 heteroatoms. The fourth-order valence-corrected chi connectivity index (χ4v) is 3.73. The number of para-hydroxylation sites is 1. The van der Waals surface area contributed by atoms with Crippen LogP contribution in [0.5, 0.6) is 0 Å². The number of pyridine rings is 1. The van der Waals surface area contributed by atoms with Crippen LogP contribution in [-0.2, 0) is 11.3 Å². The van der Waals surface area contributed by atoms with Crippen molar-refractivity contribution in [2.45, 2.75) is 27.3 Å². The van der Waals surface area contributed by atoms with Crippen molar-refractivity contribution >= 4 is 28.4 Å². The van der Waals surface area contributed by atoms with Crippen LogP contribution in [0.4, 0.5) is 5.69 Å². The SMILES string of the molecule is CC(=O)c1cccc(NC(=O)Cn2c(=O)cc(C)c3c(C)nn(-c4ccccc4)c32)c1. The number of amides is 1. The molecule has 0 radical (unpaired) electrons. The number of aryl methyl sites for hydroxylation is 2. The number of carbonyl (C=O) groups is 2. The smallest absolute Gasteiger partial charge is 0.252 e. The first-order valence-electron chi connectivity index (χ1n) is 9.91. The van der Waals surface area contributed by atoms with Gasteiger partial charge in [-0.2, -0.15) is 5.10 Å². The van der Waals surface area contributed by atoms with Crippen molar-refractivity contribution in [3.05, 3.63) is 87.8 Å². The van der Waals surface area contributed by atoms with Crippen LogP contribution in [0.25, 0.3) is 16.7 Å². The number of hydrogen-bond acceptors (Lipinski definition) is 4.